The van der Waals surface area contributed by atoms with E-state index >= 15 is 0 Å². The summed E-state index contributed by atoms with van der Waals surface area (Å²) < 4.78 is 11.5. The van der Waals surface area contributed by atoms with E-state index in [-0.39, 0.29) is 0 Å². The molecule has 30 heavy (non-hydrogen) atoms. The maximum absolute atomic E-state index is 6.11. The van der Waals surface area contributed by atoms with E-state index in [1.807, 2.05) is 49.4 Å². The predicted octanol–water partition coefficient (Wildman–Crippen LogP) is 4.23. The van der Waals surface area contributed by atoms with Crippen molar-refractivity contribution in [2.45, 2.75) is 33.0 Å². The molecule has 1 aromatic carbocycles. The molecule has 7 nitrogen and oxygen atoms in total. The lowest BCUT2D eigenvalue weighted by molar-refractivity contribution is 0.240. The van der Waals surface area contributed by atoms with E-state index in [1.165, 1.54) is 0 Å². The van der Waals surface area contributed by atoms with Gasteiger partial charge in [0.25, 0.3) is 0 Å². The fraction of sp³-hybridized carbons (Fsp3) is 0.261. The van der Waals surface area contributed by atoms with Crippen LogP contribution in [0, 0.1) is 0 Å². The lowest BCUT2D eigenvalue weighted by atomic mass is 10.1. The zero-order valence-corrected chi connectivity index (χ0v) is 17.2. The van der Waals surface area contributed by atoms with Gasteiger partial charge in [-0.1, -0.05) is 18.1 Å². The van der Waals surface area contributed by atoms with E-state index < -0.39 is 0 Å². The topological polar surface area (TPSA) is 80.1 Å². The second kappa shape index (κ2) is 9.37. The van der Waals surface area contributed by atoms with Gasteiger partial charge in [-0.05, 0) is 49.9 Å². The Labute approximate surface area is 175 Å². The lowest BCUT2D eigenvalue weighted by Crippen LogP contribution is -2.18. The van der Waals surface area contributed by atoms with Crippen molar-refractivity contribution in [2.75, 3.05) is 7.05 Å². The van der Waals surface area contributed by atoms with Crippen LogP contribution in [-0.2, 0) is 26.1 Å². The number of rotatable bonds is 9. The van der Waals surface area contributed by atoms with Crippen molar-refractivity contribution in [1.82, 2.24) is 25.2 Å². The van der Waals surface area contributed by atoms with E-state index in [1.54, 1.807) is 12.4 Å². The lowest BCUT2D eigenvalue weighted by Gasteiger charge is -2.19. The van der Waals surface area contributed by atoms with Crippen LogP contribution in [0.5, 0.6) is 5.75 Å². The summed E-state index contributed by atoms with van der Waals surface area (Å²) >= 11 is 0. The van der Waals surface area contributed by atoms with Gasteiger partial charge in [0.2, 0.25) is 0 Å². The van der Waals surface area contributed by atoms with Crippen LogP contribution in [0.3, 0.4) is 0 Å². The number of benzene rings is 1. The number of hydrogen-bond donors (Lipinski definition) is 1. The molecule has 0 bridgehead atoms. The molecule has 0 radical (unpaired) electrons. The van der Waals surface area contributed by atoms with Gasteiger partial charge in [0.15, 0.2) is 5.76 Å². The Morgan fingerprint density at radius 3 is 2.73 bits per heavy atom. The molecular weight excluding hydrogens is 378 g/mol. The highest BCUT2D eigenvalue weighted by molar-refractivity contribution is 5.61. The van der Waals surface area contributed by atoms with Gasteiger partial charge in [0.05, 0.1) is 11.4 Å². The molecular formula is C23H25N5O2. The second-order valence-corrected chi connectivity index (χ2v) is 7.22. The van der Waals surface area contributed by atoms with E-state index in [0.717, 1.165) is 52.7 Å². The van der Waals surface area contributed by atoms with E-state index in [0.29, 0.717) is 13.2 Å². The largest absolute Gasteiger partial charge is 0.485 e. The van der Waals surface area contributed by atoms with Gasteiger partial charge in [-0.25, -0.2) is 0 Å². The SMILES string of the molecule is CCc1cc(COc2ccc(-c3ccccn3)cc2CN(C)Cc2ccn[nH]2)on1. The van der Waals surface area contributed by atoms with E-state index in [9.17, 15) is 0 Å². The third-order valence-corrected chi connectivity index (χ3v) is 4.80. The molecule has 3 aromatic heterocycles. The Hall–Kier alpha value is -3.45. The standard InChI is InChI=1S/C23H25N5O2/c1-3-19-13-21(30-27-19)16-29-23-8-7-17(22-6-4-5-10-24-22)12-18(23)14-28(2)15-20-9-11-25-26-20/h4-13H,3,14-16H2,1-2H3,(H,25,26). The predicted molar refractivity (Wildman–Crippen MR) is 114 cm³/mol. The van der Waals surface area contributed by atoms with Gasteiger partial charge >= 0.3 is 0 Å². The average Bonchev–Trinajstić information content (AvgIpc) is 3.45. The molecule has 3 heterocycles. The van der Waals surface area contributed by atoms with Crippen molar-refractivity contribution in [1.29, 1.82) is 0 Å². The first-order valence-corrected chi connectivity index (χ1v) is 9.99. The highest BCUT2D eigenvalue weighted by Crippen LogP contribution is 2.28. The normalized spacial score (nSPS) is 11.2. The highest BCUT2D eigenvalue weighted by Gasteiger charge is 2.12. The molecule has 0 aliphatic carbocycles. The zero-order valence-electron chi connectivity index (χ0n) is 17.2. The molecule has 4 aromatic rings. The van der Waals surface area contributed by atoms with Crippen LogP contribution in [0.2, 0.25) is 0 Å². The first-order valence-electron chi connectivity index (χ1n) is 9.99. The minimum absolute atomic E-state index is 0.340. The number of pyridine rings is 1. The first kappa shape index (κ1) is 19.8. The molecule has 0 fully saturated rings. The minimum Gasteiger partial charge on any atom is -0.485 e. The number of nitrogens with zero attached hydrogens (tertiary/aromatic N) is 4. The fourth-order valence-corrected chi connectivity index (χ4v) is 3.29. The van der Waals surface area contributed by atoms with Crippen molar-refractivity contribution in [3.8, 4) is 17.0 Å². The van der Waals surface area contributed by atoms with Gasteiger partial charge in [-0.2, -0.15) is 5.10 Å². The molecule has 0 aliphatic heterocycles. The van der Waals surface area contributed by atoms with Gasteiger partial charge < -0.3 is 9.26 Å². The summed E-state index contributed by atoms with van der Waals surface area (Å²) in [6.45, 7) is 3.86. The molecule has 7 heteroatoms. The number of aryl methyl sites for hydroxylation is 1. The molecule has 0 atom stereocenters. The number of hydrogen-bond acceptors (Lipinski definition) is 6. The zero-order chi connectivity index (χ0) is 20.8. The molecule has 1 N–H and O–H groups in total. The van der Waals surface area contributed by atoms with Crippen LogP contribution in [0.4, 0.5) is 0 Å². The number of aromatic nitrogens is 4. The Morgan fingerprint density at radius 1 is 1.07 bits per heavy atom. The first-order chi connectivity index (χ1) is 14.7. The van der Waals surface area contributed by atoms with Crippen molar-refractivity contribution < 1.29 is 9.26 Å². The summed E-state index contributed by atoms with van der Waals surface area (Å²) in [6, 6.07) is 16.0. The Bertz CT molecular complexity index is 1060. The third-order valence-electron chi connectivity index (χ3n) is 4.80. The highest BCUT2D eigenvalue weighted by atomic mass is 16.5. The van der Waals surface area contributed by atoms with Crippen LogP contribution >= 0.6 is 0 Å². The minimum atomic E-state index is 0.340. The van der Waals surface area contributed by atoms with Crippen molar-refractivity contribution >= 4 is 0 Å². The molecule has 4 rings (SSSR count). The quantitative estimate of drug-likeness (QED) is 0.450. The molecule has 0 unspecified atom stereocenters. The second-order valence-electron chi connectivity index (χ2n) is 7.22. The number of H-pyrrole nitrogens is 1. The van der Waals surface area contributed by atoms with Gasteiger partial charge in [-0.15, -0.1) is 0 Å². The van der Waals surface area contributed by atoms with Crippen molar-refractivity contribution in [3.63, 3.8) is 0 Å². The Balaban J connectivity index is 1.55. The van der Waals surface area contributed by atoms with Crippen LogP contribution in [0.1, 0.15) is 29.6 Å². The molecule has 0 saturated heterocycles. The van der Waals surface area contributed by atoms with Gasteiger partial charge in [0, 0.05) is 48.4 Å². The maximum Gasteiger partial charge on any atom is 0.174 e. The van der Waals surface area contributed by atoms with Crippen LogP contribution in [0.15, 0.2) is 65.4 Å². The molecule has 0 saturated carbocycles. The molecule has 0 amide bonds. The van der Waals surface area contributed by atoms with Crippen molar-refractivity contribution in [3.05, 3.63) is 83.6 Å². The maximum atomic E-state index is 6.11. The molecule has 0 spiro atoms. The number of nitrogens with one attached hydrogen (secondary N) is 1. The summed E-state index contributed by atoms with van der Waals surface area (Å²) in [7, 11) is 2.07. The third kappa shape index (κ3) is 4.93. The van der Waals surface area contributed by atoms with Crippen LogP contribution < -0.4 is 4.74 Å². The van der Waals surface area contributed by atoms with E-state index in [4.69, 9.17) is 9.26 Å². The summed E-state index contributed by atoms with van der Waals surface area (Å²) in [6.07, 6.45) is 4.41. The Kier molecular flexibility index (Phi) is 6.20. The summed E-state index contributed by atoms with van der Waals surface area (Å²) in [5.41, 5.74) is 5.06. The summed E-state index contributed by atoms with van der Waals surface area (Å²) in [5, 5.41) is 11.1. The van der Waals surface area contributed by atoms with Gasteiger partial charge in [0.1, 0.15) is 12.4 Å². The van der Waals surface area contributed by atoms with Crippen LogP contribution in [0.25, 0.3) is 11.3 Å². The van der Waals surface area contributed by atoms with E-state index in [2.05, 4.69) is 38.4 Å². The monoisotopic (exact) mass is 403 g/mol. The number of ether oxygens (including phenoxy) is 1. The Morgan fingerprint density at radius 2 is 2.00 bits per heavy atom. The van der Waals surface area contributed by atoms with Crippen molar-refractivity contribution in [2.24, 2.45) is 0 Å². The average molecular weight is 403 g/mol. The number of aromatic amines is 1. The summed E-state index contributed by atoms with van der Waals surface area (Å²) in [5.74, 6) is 1.54. The van der Waals surface area contributed by atoms with Crippen LogP contribution in [-0.4, -0.2) is 32.3 Å². The fourth-order valence-electron chi connectivity index (χ4n) is 3.29. The van der Waals surface area contributed by atoms with Gasteiger partial charge in [-0.3, -0.25) is 15.0 Å². The smallest absolute Gasteiger partial charge is 0.174 e. The molecule has 154 valence electrons. The summed E-state index contributed by atoms with van der Waals surface area (Å²) in [4.78, 5) is 6.68. The molecule has 0 aliphatic rings.